The third-order valence-electron chi connectivity index (χ3n) is 3.31. The summed E-state index contributed by atoms with van der Waals surface area (Å²) >= 11 is 3.35. The zero-order chi connectivity index (χ0) is 13.3. The molecule has 1 aromatic rings. The maximum atomic E-state index is 5.54. The van der Waals surface area contributed by atoms with Gasteiger partial charge >= 0.3 is 0 Å². The van der Waals surface area contributed by atoms with E-state index in [-0.39, 0.29) is 0 Å². The van der Waals surface area contributed by atoms with Crippen LogP contribution in [0.25, 0.3) is 0 Å². The average Bonchev–Trinajstić information content (AvgIpc) is 2.47. The van der Waals surface area contributed by atoms with Gasteiger partial charge in [0.25, 0.3) is 0 Å². The lowest BCUT2D eigenvalue weighted by Gasteiger charge is -2.26. The van der Waals surface area contributed by atoms with Crippen molar-refractivity contribution in [1.29, 1.82) is 0 Å². The number of rotatable bonds is 7. The van der Waals surface area contributed by atoms with Crippen molar-refractivity contribution in [3.05, 3.63) is 29.8 Å². The minimum atomic E-state index is 0.719. The van der Waals surface area contributed by atoms with Crippen molar-refractivity contribution in [1.82, 2.24) is 4.90 Å². The second kappa shape index (κ2) is 8.56. The fourth-order valence-electron chi connectivity index (χ4n) is 2.24. The predicted molar refractivity (Wildman–Crippen MR) is 81.3 cm³/mol. The third-order valence-corrected chi connectivity index (χ3v) is 3.64. The second-order valence-corrected chi connectivity index (χ2v) is 5.53. The number of alkyl halides is 1. The van der Waals surface area contributed by atoms with E-state index in [9.17, 15) is 0 Å². The standard InChI is InChI=1S/C15H22BrNO2/c16-7-11-19-15-5-3-14(4-6-15)2-1-8-17-9-12-18-13-10-17/h3-6H,1-2,7-13H2. The lowest BCUT2D eigenvalue weighted by molar-refractivity contribution is 0.0374. The van der Waals surface area contributed by atoms with E-state index in [1.165, 1.54) is 18.5 Å². The Hall–Kier alpha value is -0.580. The lowest BCUT2D eigenvalue weighted by atomic mass is 10.1. The van der Waals surface area contributed by atoms with Crippen molar-refractivity contribution in [2.24, 2.45) is 0 Å². The van der Waals surface area contributed by atoms with E-state index in [1.54, 1.807) is 0 Å². The maximum absolute atomic E-state index is 5.54. The van der Waals surface area contributed by atoms with E-state index in [1.807, 2.05) is 0 Å². The second-order valence-electron chi connectivity index (χ2n) is 4.74. The Morgan fingerprint density at radius 2 is 1.89 bits per heavy atom. The van der Waals surface area contributed by atoms with Crippen molar-refractivity contribution in [3.63, 3.8) is 0 Å². The molecule has 0 unspecified atom stereocenters. The number of aryl methyl sites for hydroxylation is 1. The van der Waals surface area contributed by atoms with Crippen molar-refractivity contribution < 1.29 is 9.47 Å². The van der Waals surface area contributed by atoms with Crippen LogP contribution in [0.4, 0.5) is 0 Å². The zero-order valence-corrected chi connectivity index (χ0v) is 12.9. The van der Waals surface area contributed by atoms with Gasteiger partial charge in [0.15, 0.2) is 0 Å². The molecule has 1 aliphatic heterocycles. The van der Waals surface area contributed by atoms with Gasteiger partial charge in [-0.2, -0.15) is 0 Å². The number of benzene rings is 1. The van der Waals surface area contributed by atoms with Crippen LogP contribution < -0.4 is 4.74 Å². The quantitative estimate of drug-likeness (QED) is 0.719. The van der Waals surface area contributed by atoms with Crippen molar-refractivity contribution in [2.45, 2.75) is 12.8 Å². The van der Waals surface area contributed by atoms with Crippen molar-refractivity contribution >= 4 is 15.9 Å². The van der Waals surface area contributed by atoms with Gasteiger partial charge < -0.3 is 9.47 Å². The minimum Gasteiger partial charge on any atom is -0.493 e. The van der Waals surface area contributed by atoms with Crippen LogP contribution in [-0.4, -0.2) is 49.7 Å². The van der Waals surface area contributed by atoms with Gasteiger partial charge in [-0.05, 0) is 37.1 Å². The van der Waals surface area contributed by atoms with Gasteiger partial charge in [0.1, 0.15) is 5.75 Å². The molecule has 3 nitrogen and oxygen atoms in total. The molecule has 4 heteroatoms. The molecule has 106 valence electrons. The molecule has 0 aromatic heterocycles. The van der Waals surface area contributed by atoms with Crippen LogP contribution in [0.1, 0.15) is 12.0 Å². The van der Waals surface area contributed by atoms with Crippen LogP contribution >= 0.6 is 15.9 Å². The Morgan fingerprint density at radius 3 is 2.58 bits per heavy atom. The van der Waals surface area contributed by atoms with Crippen LogP contribution in [0, 0.1) is 0 Å². The smallest absolute Gasteiger partial charge is 0.119 e. The largest absolute Gasteiger partial charge is 0.493 e. The Labute approximate surface area is 124 Å². The monoisotopic (exact) mass is 327 g/mol. The zero-order valence-electron chi connectivity index (χ0n) is 11.3. The number of nitrogens with zero attached hydrogens (tertiary/aromatic N) is 1. The summed E-state index contributed by atoms with van der Waals surface area (Å²) in [5, 5.41) is 0.869. The third kappa shape index (κ3) is 5.51. The molecule has 0 aliphatic carbocycles. The van der Waals surface area contributed by atoms with Crippen LogP contribution in [0.2, 0.25) is 0 Å². The summed E-state index contributed by atoms with van der Waals surface area (Å²) in [5.41, 5.74) is 1.39. The van der Waals surface area contributed by atoms with E-state index < -0.39 is 0 Å². The molecule has 19 heavy (non-hydrogen) atoms. The molecule has 0 amide bonds. The summed E-state index contributed by atoms with van der Waals surface area (Å²) < 4.78 is 10.9. The van der Waals surface area contributed by atoms with Crippen molar-refractivity contribution in [2.75, 3.05) is 44.8 Å². The van der Waals surface area contributed by atoms with E-state index in [4.69, 9.17) is 9.47 Å². The Bertz CT molecular complexity index is 350. The van der Waals surface area contributed by atoms with Gasteiger partial charge in [-0.1, -0.05) is 28.1 Å². The molecule has 1 heterocycles. The number of morpholine rings is 1. The molecule has 0 atom stereocenters. The first-order valence-corrected chi connectivity index (χ1v) is 8.08. The van der Waals surface area contributed by atoms with Crippen LogP contribution in [0.15, 0.2) is 24.3 Å². The SMILES string of the molecule is BrCCOc1ccc(CCCN2CCOCC2)cc1. The molecule has 1 aromatic carbocycles. The molecule has 0 saturated carbocycles. The van der Waals surface area contributed by atoms with E-state index >= 15 is 0 Å². The topological polar surface area (TPSA) is 21.7 Å². The molecule has 0 N–H and O–H groups in total. The molecular formula is C15H22BrNO2. The molecular weight excluding hydrogens is 306 g/mol. The summed E-state index contributed by atoms with van der Waals surface area (Å²) in [5.74, 6) is 0.955. The first kappa shape index (κ1) is 14.8. The summed E-state index contributed by atoms with van der Waals surface area (Å²) in [6, 6.07) is 8.46. The van der Waals surface area contributed by atoms with Gasteiger partial charge in [0.05, 0.1) is 19.8 Å². The van der Waals surface area contributed by atoms with Crippen LogP contribution in [0.5, 0.6) is 5.75 Å². The van der Waals surface area contributed by atoms with E-state index in [2.05, 4.69) is 45.1 Å². The summed E-state index contributed by atoms with van der Waals surface area (Å²) in [6.45, 7) is 5.83. The fraction of sp³-hybridized carbons (Fsp3) is 0.600. The number of halogens is 1. The normalized spacial score (nSPS) is 16.5. The van der Waals surface area contributed by atoms with Gasteiger partial charge in [-0.15, -0.1) is 0 Å². The minimum absolute atomic E-state index is 0.719. The molecule has 1 aliphatic rings. The van der Waals surface area contributed by atoms with Gasteiger partial charge in [0.2, 0.25) is 0 Å². The molecule has 2 rings (SSSR count). The highest BCUT2D eigenvalue weighted by Crippen LogP contribution is 2.14. The van der Waals surface area contributed by atoms with Gasteiger partial charge in [-0.3, -0.25) is 4.90 Å². The lowest BCUT2D eigenvalue weighted by Crippen LogP contribution is -2.36. The number of ether oxygens (including phenoxy) is 2. The Balaban J connectivity index is 1.67. The Kier molecular flexibility index (Phi) is 6.68. The van der Waals surface area contributed by atoms with E-state index in [0.717, 1.165) is 50.4 Å². The molecule has 0 bridgehead atoms. The summed E-state index contributed by atoms with van der Waals surface area (Å²) in [6.07, 6.45) is 2.34. The van der Waals surface area contributed by atoms with Crippen LogP contribution in [0.3, 0.4) is 0 Å². The first-order chi connectivity index (χ1) is 9.38. The highest BCUT2D eigenvalue weighted by Gasteiger charge is 2.09. The van der Waals surface area contributed by atoms with Crippen LogP contribution in [-0.2, 0) is 11.2 Å². The number of hydrogen-bond donors (Lipinski definition) is 0. The molecule has 1 saturated heterocycles. The Morgan fingerprint density at radius 1 is 1.16 bits per heavy atom. The van der Waals surface area contributed by atoms with Crippen molar-refractivity contribution in [3.8, 4) is 5.75 Å². The fourth-order valence-corrected chi connectivity index (χ4v) is 2.40. The van der Waals surface area contributed by atoms with E-state index in [0.29, 0.717) is 0 Å². The molecule has 0 spiro atoms. The van der Waals surface area contributed by atoms with Gasteiger partial charge in [0, 0.05) is 18.4 Å². The number of hydrogen-bond acceptors (Lipinski definition) is 3. The van der Waals surface area contributed by atoms with Gasteiger partial charge in [-0.25, -0.2) is 0 Å². The first-order valence-electron chi connectivity index (χ1n) is 6.96. The highest BCUT2D eigenvalue weighted by molar-refractivity contribution is 9.09. The molecule has 0 radical (unpaired) electrons. The summed E-state index contributed by atoms with van der Waals surface area (Å²) in [7, 11) is 0. The molecule has 1 fully saturated rings. The summed E-state index contributed by atoms with van der Waals surface area (Å²) in [4.78, 5) is 2.48. The maximum Gasteiger partial charge on any atom is 0.119 e. The average molecular weight is 328 g/mol. The predicted octanol–water partition coefficient (Wildman–Crippen LogP) is 2.73. The highest BCUT2D eigenvalue weighted by atomic mass is 79.9.